The molecule has 0 radical (unpaired) electrons. The molecule has 0 bridgehead atoms. The molecule has 1 heterocycles. The van der Waals surface area contributed by atoms with E-state index in [1.807, 2.05) is 0 Å². The highest BCUT2D eigenvalue weighted by Crippen LogP contribution is 2.13. The van der Waals surface area contributed by atoms with Gasteiger partial charge in [0.2, 0.25) is 11.8 Å². The molecule has 1 aromatic rings. The van der Waals surface area contributed by atoms with Crippen LogP contribution in [0.3, 0.4) is 0 Å². The summed E-state index contributed by atoms with van der Waals surface area (Å²) in [6.07, 6.45) is 5.62. The number of nitrogens with one attached hydrogen (secondary N) is 2. The van der Waals surface area contributed by atoms with Crippen molar-refractivity contribution >= 4 is 35.3 Å². The Bertz CT molecular complexity index is 960. The van der Waals surface area contributed by atoms with E-state index in [0.717, 1.165) is 0 Å². The van der Waals surface area contributed by atoms with E-state index in [2.05, 4.69) is 21.5 Å². The molecule has 13 nitrogen and oxygen atoms in total. The molecular formula is C23H31N5O8. The number of hydrogen-bond acceptors (Lipinski definition) is 10. The van der Waals surface area contributed by atoms with Crippen molar-refractivity contribution in [3.8, 4) is 12.3 Å². The lowest BCUT2D eigenvalue weighted by Gasteiger charge is -2.20. The van der Waals surface area contributed by atoms with Gasteiger partial charge < -0.3 is 25.8 Å². The molecule has 3 amide bonds. The lowest BCUT2D eigenvalue weighted by atomic mass is 10.1. The number of rotatable bonds is 14. The van der Waals surface area contributed by atoms with Crippen LogP contribution in [0.1, 0.15) is 45.2 Å². The normalized spacial score (nSPS) is 11.9. The Morgan fingerprint density at radius 3 is 2.42 bits per heavy atom. The number of terminal acetylenes is 1. The zero-order chi connectivity index (χ0) is 27.1. The number of ether oxygens (including phenoxy) is 2. The number of aromatic nitrogens is 1. The van der Waals surface area contributed by atoms with Crippen LogP contribution in [-0.4, -0.2) is 71.7 Å². The molecule has 0 aliphatic heterocycles. The smallest absolute Gasteiger partial charge is 0.325 e. The average Bonchev–Trinajstić information content (AvgIpc) is 2.87. The zero-order valence-corrected chi connectivity index (χ0v) is 20.2. The van der Waals surface area contributed by atoms with E-state index in [9.17, 15) is 29.2 Å². The first-order chi connectivity index (χ1) is 17.1. The second-order valence-electron chi connectivity index (χ2n) is 7.33. The van der Waals surface area contributed by atoms with Gasteiger partial charge in [-0.2, -0.15) is 5.06 Å². The van der Waals surface area contributed by atoms with Gasteiger partial charge >= 0.3 is 11.9 Å². The third-order valence-corrected chi connectivity index (χ3v) is 4.66. The van der Waals surface area contributed by atoms with Crippen LogP contribution in [0.25, 0.3) is 0 Å². The fraction of sp³-hybridized carbons (Fsp3) is 0.478. The van der Waals surface area contributed by atoms with Gasteiger partial charge in [-0.3, -0.25) is 29.2 Å². The first-order valence-electron chi connectivity index (χ1n) is 11.2. The van der Waals surface area contributed by atoms with Crippen molar-refractivity contribution in [1.29, 1.82) is 0 Å². The number of nitrogens with zero attached hydrogens (tertiary/aromatic N) is 2. The number of carbonyl (C=O) groups is 5. The van der Waals surface area contributed by atoms with Crippen LogP contribution in [0.4, 0.5) is 5.69 Å². The molecule has 0 fully saturated rings. The number of hydroxylamine groups is 1. The highest BCUT2D eigenvalue weighted by atomic mass is 16.5. The number of anilines is 1. The van der Waals surface area contributed by atoms with Gasteiger partial charge in [-0.1, -0.05) is 5.92 Å². The van der Waals surface area contributed by atoms with E-state index in [1.54, 1.807) is 13.8 Å². The summed E-state index contributed by atoms with van der Waals surface area (Å²) in [4.78, 5) is 64.5. The summed E-state index contributed by atoms with van der Waals surface area (Å²) in [5, 5.41) is 15.3. The summed E-state index contributed by atoms with van der Waals surface area (Å²) in [6.45, 7) is 3.04. The second-order valence-corrected chi connectivity index (χ2v) is 7.33. The molecule has 13 heteroatoms. The molecule has 0 saturated heterocycles. The highest BCUT2D eigenvalue weighted by molar-refractivity contribution is 5.93. The largest absolute Gasteiger partial charge is 0.465 e. The summed E-state index contributed by atoms with van der Waals surface area (Å²) in [6, 6.07) is 0.562. The number of pyridine rings is 1. The number of carbonyl (C=O) groups excluding carboxylic acids is 5. The summed E-state index contributed by atoms with van der Waals surface area (Å²) < 4.78 is 9.53. The van der Waals surface area contributed by atoms with Crippen molar-refractivity contribution in [3.63, 3.8) is 0 Å². The quantitative estimate of drug-likeness (QED) is 0.110. The minimum Gasteiger partial charge on any atom is -0.465 e. The fourth-order valence-electron chi connectivity index (χ4n) is 2.80. The van der Waals surface area contributed by atoms with Crippen molar-refractivity contribution in [2.45, 2.75) is 51.6 Å². The van der Waals surface area contributed by atoms with Gasteiger partial charge in [0, 0.05) is 12.8 Å². The molecule has 0 spiro atoms. The summed E-state index contributed by atoms with van der Waals surface area (Å²) in [7, 11) is 0. The molecule has 1 rings (SSSR count). The molecule has 0 aliphatic rings. The van der Waals surface area contributed by atoms with E-state index in [1.165, 1.54) is 18.3 Å². The van der Waals surface area contributed by atoms with Crippen molar-refractivity contribution in [3.05, 3.63) is 24.0 Å². The van der Waals surface area contributed by atoms with Gasteiger partial charge in [-0.15, -0.1) is 6.42 Å². The minimum absolute atomic E-state index is 0.0359. The van der Waals surface area contributed by atoms with E-state index in [0.29, 0.717) is 10.8 Å². The van der Waals surface area contributed by atoms with Crippen LogP contribution in [0.15, 0.2) is 18.3 Å². The molecule has 0 unspecified atom stereocenters. The first-order valence-corrected chi connectivity index (χ1v) is 11.2. The van der Waals surface area contributed by atoms with E-state index < -0.39 is 48.3 Å². The van der Waals surface area contributed by atoms with Crippen LogP contribution in [0.2, 0.25) is 0 Å². The lowest BCUT2D eigenvalue weighted by molar-refractivity contribution is -0.145. The number of esters is 2. The molecule has 2 atom stereocenters. The van der Waals surface area contributed by atoms with Crippen LogP contribution in [0, 0.1) is 12.3 Å². The van der Waals surface area contributed by atoms with Gasteiger partial charge in [0.05, 0.1) is 25.1 Å². The molecular weight excluding hydrogens is 474 g/mol. The monoisotopic (exact) mass is 505 g/mol. The maximum absolute atomic E-state index is 12.6. The highest BCUT2D eigenvalue weighted by Gasteiger charge is 2.25. The Balaban J connectivity index is 2.79. The topological polar surface area (TPSA) is 190 Å². The minimum atomic E-state index is -1.23. The van der Waals surface area contributed by atoms with E-state index in [4.69, 9.17) is 21.6 Å². The maximum Gasteiger partial charge on any atom is 0.325 e. The number of nitrogens with two attached hydrogens (primary N) is 1. The predicted octanol–water partition coefficient (Wildman–Crippen LogP) is -0.600. The molecule has 36 heavy (non-hydrogen) atoms. The SMILES string of the molecule is C#Cc1ccc(N(O)C(=O)CC[C@H](NC(=O)CC[C@H](N)C(=O)OCC)C(=O)NCC(=O)OCC)cn1. The summed E-state index contributed by atoms with van der Waals surface area (Å²) in [5.41, 5.74) is 6.04. The third kappa shape index (κ3) is 10.5. The Hall–Kier alpha value is -4.02. The van der Waals surface area contributed by atoms with Gasteiger partial charge in [0.1, 0.15) is 24.3 Å². The maximum atomic E-state index is 12.6. The van der Waals surface area contributed by atoms with Crippen LogP contribution in [-0.2, 0) is 33.4 Å². The summed E-state index contributed by atoms with van der Waals surface area (Å²) >= 11 is 0. The molecule has 0 saturated carbocycles. The van der Waals surface area contributed by atoms with Crippen molar-refractivity contribution in [2.75, 3.05) is 24.8 Å². The third-order valence-electron chi connectivity index (χ3n) is 4.66. The summed E-state index contributed by atoms with van der Waals surface area (Å²) in [5.74, 6) is -1.19. The number of hydrogen-bond donors (Lipinski definition) is 4. The fourth-order valence-corrected chi connectivity index (χ4v) is 2.80. The van der Waals surface area contributed by atoms with Gasteiger partial charge in [0.15, 0.2) is 0 Å². The molecule has 0 aliphatic carbocycles. The average molecular weight is 506 g/mol. The van der Waals surface area contributed by atoms with Crippen LogP contribution >= 0.6 is 0 Å². The van der Waals surface area contributed by atoms with Gasteiger partial charge in [-0.05, 0) is 38.8 Å². The second kappa shape index (κ2) is 15.8. The van der Waals surface area contributed by atoms with Crippen molar-refractivity contribution in [1.82, 2.24) is 15.6 Å². The Morgan fingerprint density at radius 1 is 1.14 bits per heavy atom. The first kappa shape index (κ1) is 30.0. The predicted molar refractivity (Wildman–Crippen MR) is 126 cm³/mol. The molecule has 196 valence electrons. The van der Waals surface area contributed by atoms with Crippen molar-refractivity contribution < 1.29 is 38.7 Å². The standard InChI is InChI=1S/C23H31N5O8/c1-4-15-7-8-16(13-25-15)28(34)20(30)12-10-18(22(32)26-14-21(31)35-5-2)27-19(29)11-9-17(24)23(33)36-6-3/h1,7-8,13,17-18,34H,5-6,9-12,14,24H2,2-3H3,(H,26,32)(H,27,29)/t17-,18-/m0/s1. The molecule has 5 N–H and O–H groups in total. The van der Waals surface area contributed by atoms with E-state index >= 15 is 0 Å². The van der Waals surface area contributed by atoms with E-state index in [-0.39, 0.29) is 44.6 Å². The van der Waals surface area contributed by atoms with Crippen molar-refractivity contribution in [2.24, 2.45) is 5.73 Å². The molecule has 1 aromatic heterocycles. The molecule has 0 aromatic carbocycles. The van der Waals surface area contributed by atoms with Gasteiger partial charge in [0.25, 0.3) is 5.91 Å². The van der Waals surface area contributed by atoms with Crippen LogP contribution in [0.5, 0.6) is 0 Å². The Labute approximate surface area is 208 Å². The van der Waals surface area contributed by atoms with Gasteiger partial charge in [-0.25, -0.2) is 4.98 Å². The number of amides is 3. The Kier molecular flexibility index (Phi) is 13.2. The van der Waals surface area contributed by atoms with Crippen LogP contribution < -0.4 is 21.4 Å². The Morgan fingerprint density at radius 2 is 1.83 bits per heavy atom. The zero-order valence-electron chi connectivity index (χ0n) is 20.2. The lowest BCUT2D eigenvalue weighted by Crippen LogP contribution is -2.48.